The third-order valence-electron chi connectivity index (χ3n) is 12.8. The molecule has 0 amide bonds. The number of nitrogens with zero attached hydrogens (tertiary/aromatic N) is 5. The molecular formula is C56H51N5O. The number of benzene rings is 6. The summed E-state index contributed by atoms with van der Waals surface area (Å²) in [6.07, 6.45) is 7.55. The summed E-state index contributed by atoms with van der Waals surface area (Å²) < 4.78 is 9.38. The second-order valence-corrected chi connectivity index (χ2v) is 18.8. The van der Waals surface area contributed by atoms with Crippen LogP contribution in [0.3, 0.4) is 0 Å². The van der Waals surface area contributed by atoms with Crippen LogP contribution in [0.4, 0.5) is 28.4 Å². The number of fused-ring (bicyclic) bond motifs is 1. The summed E-state index contributed by atoms with van der Waals surface area (Å²) in [5, 5.41) is 1.30. The lowest BCUT2D eigenvalue weighted by molar-refractivity contribution is 0.449. The quantitative estimate of drug-likeness (QED) is 0.160. The highest BCUT2D eigenvalue weighted by Crippen LogP contribution is 2.56. The molecule has 8 aromatic rings. The van der Waals surface area contributed by atoms with E-state index in [1.807, 2.05) is 6.20 Å². The maximum atomic E-state index is 7.01. The van der Waals surface area contributed by atoms with E-state index in [1.165, 1.54) is 55.8 Å². The SMILES string of the molecule is CC(C)(C)c1ccnc(-n2c3c4c5c(cc(Oc6cccc(N7CN(c8c(-c9ccccc9)cccc8-c8ccccc8)c8ccccc87)c6)cc52)N(C(C)(C)C)C4CC=C3)c1. The van der Waals surface area contributed by atoms with Gasteiger partial charge in [0, 0.05) is 57.7 Å². The summed E-state index contributed by atoms with van der Waals surface area (Å²) in [5.74, 6) is 2.53. The number of anilines is 5. The molecule has 6 aromatic carbocycles. The van der Waals surface area contributed by atoms with Crippen molar-refractivity contribution in [1.29, 1.82) is 0 Å². The molecule has 2 aliphatic heterocycles. The van der Waals surface area contributed by atoms with E-state index in [4.69, 9.17) is 9.72 Å². The van der Waals surface area contributed by atoms with Crippen LogP contribution in [0.2, 0.25) is 0 Å². The van der Waals surface area contributed by atoms with Crippen LogP contribution in [0.1, 0.15) is 70.8 Å². The van der Waals surface area contributed by atoms with Gasteiger partial charge >= 0.3 is 0 Å². The number of para-hydroxylation sites is 3. The van der Waals surface area contributed by atoms with Gasteiger partial charge in [-0.1, -0.05) is 124 Å². The molecule has 1 atom stereocenters. The molecule has 306 valence electrons. The average Bonchev–Trinajstić information content (AvgIpc) is 3.95. The molecule has 4 heterocycles. The van der Waals surface area contributed by atoms with E-state index < -0.39 is 0 Å². The molecule has 0 fully saturated rings. The molecule has 0 radical (unpaired) electrons. The van der Waals surface area contributed by atoms with Crippen molar-refractivity contribution in [1.82, 2.24) is 9.55 Å². The van der Waals surface area contributed by atoms with Crippen LogP contribution in [0.25, 0.3) is 45.1 Å². The lowest BCUT2D eigenvalue weighted by Gasteiger charge is -2.41. The molecule has 1 aliphatic carbocycles. The molecule has 11 rings (SSSR count). The van der Waals surface area contributed by atoms with Crippen molar-refractivity contribution in [3.8, 4) is 39.6 Å². The minimum atomic E-state index is -0.103. The minimum absolute atomic E-state index is 0.00795. The predicted octanol–water partition coefficient (Wildman–Crippen LogP) is 14.8. The molecule has 0 saturated carbocycles. The van der Waals surface area contributed by atoms with Crippen molar-refractivity contribution in [2.24, 2.45) is 0 Å². The summed E-state index contributed by atoms with van der Waals surface area (Å²) >= 11 is 0. The normalized spacial score (nSPS) is 15.5. The van der Waals surface area contributed by atoms with Crippen LogP contribution < -0.4 is 19.4 Å². The van der Waals surface area contributed by atoms with Gasteiger partial charge in [-0.25, -0.2) is 4.98 Å². The largest absolute Gasteiger partial charge is 0.457 e. The van der Waals surface area contributed by atoms with E-state index in [1.54, 1.807) is 0 Å². The molecule has 6 nitrogen and oxygen atoms in total. The van der Waals surface area contributed by atoms with Crippen molar-refractivity contribution in [2.75, 3.05) is 21.4 Å². The molecule has 0 bridgehead atoms. The molecule has 62 heavy (non-hydrogen) atoms. The third kappa shape index (κ3) is 6.19. The molecule has 2 aromatic heterocycles. The highest BCUT2D eigenvalue weighted by molar-refractivity contribution is 6.05. The Balaban J connectivity index is 1.01. The first-order valence-electron chi connectivity index (χ1n) is 21.8. The van der Waals surface area contributed by atoms with E-state index in [0.717, 1.165) is 46.3 Å². The second-order valence-electron chi connectivity index (χ2n) is 18.8. The van der Waals surface area contributed by atoms with Gasteiger partial charge < -0.3 is 19.4 Å². The molecule has 6 heteroatoms. The van der Waals surface area contributed by atoms with Gasteiger partial charge in [-0.15, -0.1) is 0 Å². The Kier molecular flexibility index (Phi) is 8.73. The number of rotatable bonds is 7. The van der Waals surface area contributed by atoms with Crippen molar-refractivity contribution in [3.63, 3.8) is 0 Å². The number of ether oxygens (including phenoxy) is 1. The Morgan fingerprint density at radius 1 is 0.613 bits per heavy atom. The molecular weight excluding hydrogens is 759 g/mol. The third-order valence-corrected chi connectivity index (χ3v) is 12.8. The topological polar surface area (TPSA) is 36.8 Å². The highest BCUT2D eigenvalue weighted by atomic mass is 16.5. The summed E-state index contributed by atoms with van der Waals surface area (Å²) in [5.41, 5.74) is 15.4. The van der Waals surface area contributed by atoms with Gasteiger partial charge in [-0.05, 0) is 91.8 Å². The Labute approximate surface area is 365 Å². The fourth-order valence-electron chi connectivity index (χ4n) is 10.1. The first kappa shape index (κ1) is 37.9. The van der Waals surface area contributed by atoms with E-state index >= 15 is 0 Å². The first-order valence-corrected chi connectivity index (χ1v) is 21.8. The Hall–Kier alpha value is -7.05. The standard InChI is InChI=1S/C56H51N5O/c1-55(2,3)39-30-31-57-51(32-39)60-47-28-17-29-48-52(47)53-49(60)34-42(35-50(53)61(48)56(4,5)6)62-41-23-15-22-40(33-41)58-36-59(46-27-14-13-26-45(46)58)54-43(37-18-9-7-10-19-37)24-16-25-44(54)38-20-11-8-12-21-38/h7-28,30-35,48H,29,36H2,1-6H3. The zero-order valence-corrected chi connectivity index (χ0v) is 36.3. The summed E-state index contributed by atoms with van der Waals surface area (Å²) in [6.45, 7) is 14.4. The molecule has 3 aliphatic rings. The maximum Gasteiger partial charge on any atom is 0.137 e. The summed E-state index contributed by atoms with van der Waals surface area (Å²) in [7, 11) is 0. The van der Waals surface area contributed by atoms with Crippen molar-refractivity contribution >= 4 is 45.4 Å². The van der Waals surface area contributed by atoms with Gasteiger partial charge in [-0.3, -0.25) is 4.57 Å². The van der Waals surface area contributed by atoms with Gasteiger partial charge in [0.25, 0.3) is 0 Å². The lowest BCUT2D eigenvalue weighted by atomic mass is 9.88. The monoisotopic (exact) mass is 809 g/mol. The van der Waals surface area contributed by atoms with E-state index in [2.05, 4.69) is 225 Å². The Morgan fingerprint density at radius 2 is 1.27 bits per heavy atom. The molecule has 1 unspecified atom stereocenters. The Morgan fingerprint density at radius 3 is 1.95 bits per heavy atom. The fraction of sp³-hybridized carbons (Fsp3) is 0.196. The van der Waals surface area contributed by atoms with Crippen LogP contribution in [0.15, 0.2) is 164 Å². The molecule has 0 N–H and O–H groups in total. The minimum Gasteiger partial charge on any atom is -0.457 e. The smallest absolute Gasteiger partial charge is 0.137 e. The van der Waals surface area contributed by atoms with Gasteiger partial charge in [0.1, 0.15) is 24.0 Å². The number of aromatic nitrogens is 2. The highest BCUT2D eigenvalue weighted by Gasteiger charge is 2.43. The van der Waals surface area contributed by atoms with Crippen LogP contribution in [0.5, 0.6) is 11.5 Å². The Bertz CT molecular complexity index is 2980. The number of hydrogen-bond acceptors (Lipinski definition) is 5. The van der Waals surface area contributed by atoms with Crippen molar-refractivity contribution < 1.29 is 4.74 Å². The number of hydrogen-bond donors (Lipinski definition) is 0. The molecule has 0 saturated heterocycles. The first-order chi connectivity index (χ1) is 30.0. The predicted molar refractivity (Wildman–Crippen MR) is 258 cm³/mol. The second kappa shape index (κ2) is 14.3. The average molecular weight is 810 g/mol. The van der Waals surface area contributed by atoms with E-state index in [9.17, 15) is 0 Å². The van der Waals surface area contributed by atoms with Crippen LogP contribution in [-0.4, -0.2) is 21.8 Å². The van der Waals surface area contributed by atoms with Crippen LogP contribution >= 0.6 is 0 Å². The fourth-order valence-corrected chi connectivity index (χ4v) is 10.1. The number of pyridine rings is 1. The van der Waals surface area contributed by atoms with Crippen LogP contribution in [-0.2, 0) is 5.41 Å². The van der Waals surface area contributed by atoms with Gasteiger partial charge in [0.05, 0.1) is 40.0 Å². The van der Waals surface area contributed by atoms with Crippen molar-refractivity contribution in [3.05, 3.63) is 181 Å². The van der Waals surface area contributed by atoms with Gasteiger partial charge in [0.2, 0.25) is 0 Å². The lowest BCUT2D eigenvalue weighted by Crippen LogP contribution is -2.42. The van der Waals surface area contributed by atoms with Gasteiger partial charge in [-0.2, -0.15) is 0 Å². The molecule has 0 spiro atoms. The van der Waals surface area contributed by atoms with E-state index in [0.29, 0.717) is 6.67 Å². The maximum absolute atomic E-state index is 7.01. The zero-order valence-electron chi connectivity index (χ0n) is 36.3. The zero-order chi connectivity index (χ0) is 42.3. The summed E-state index contributed by atoms with van der Waals surface area (Å²) in [6, 6.07) is 54.6. The van der Waals surface area contributed by atoms with Crippen molar-refractivity contribution in [2.45, 2.75) is 65.0 Å². The van der Waals surface area contributed by atoms with Gasteiger partial charge in [0.15, 0.2) is 0 Å². The summed E-state index contributed by atoms with van der Waals surface area (Å²) in [4.78, 5) is 12.5. The van der Waals surface area contributed by atoms with Crippen LogP contribution in [0, 0.1) is 0 Å². The van der Waals surface area contributed by atoms with E-state index in [-0.39, 0.29) is 17.0 Å².